The van der Waals surface area contributed by atoms with E-state index in [9.17, 15) is 8.42 Å². The molecular weight excluding hydrogens is 192 g/mol. The third-order valence-electron chi connectivity index (χ3n) is 1.47. The number of sulfone groups is 1. The lowest BCUT2D eigenvalue weighted by Gasteiger charge is -1.95. The van der Waals surface area contributed by atoms with Gasteiger partial charge in [-0.25, -0.2) is 17.9 Å². The van der Waals surface area contributed by atoms with E-state index in [4.69, 9.17) is 0 Å². The third kappa shape index (κ3) is 1.37. The summed E-state index contributed by atoms with van der Waals surface area (Å²) in [4.78, 5) is 7.46. The van der Waals surface area contributed by atoms with Gasteiger partial charge in [0.05, 0.1) is 6.20 Å². The van der Waals surface area contributed by atoms with Gasteiger partial charge in [0.15, 0.2) is 5.65 Å². The summed E-state index contributed by atoms with van der Waals surface area (Å²) in [5, 5.41) is 3.66. The van der Waals surface area contributed by atoms with E-state index in [0.29, 0.717) is 5.65 Å². The molecule has 13 heavy (non-hydrogen) atoms. The Morgan fingerprint density at radius 1 is 1.46 bits per heavy atom. The third-order valence-corrected chi connectivity index (χ3v) is 2.33. The molecule has 0 saturated heterocycles. The Morgan fingerprint density at radius 2 is 2.23 bits per heavy atom. The molecule has 0 aliphatic carbocycles. The molecule has 0 aliphatic heterocycles. The molecule has 0 aromatic carbocycles. The van der Waals surface area contributed by atoms with E-state index in [1.54, 1.807) is 6.07 Å². The Balaban J connectivity index is 2.75. The van der Waals surface area contributed by atoms with Gasteiger partial charge in [-0.3, -0.25) is 0 Å². The highest BCUT2D eigenvalue weighted by Gasteiger charge is 2.11. The van der Waals surface area contributed by atoms with Crippen LogP contribution >= 0.6 is 0 Å². The first-order valence-corrected chi connectivity index (χ1v) is 5.33. The average molecular weight is 198 g/mol. The molecule has 0 fully saturated rings. The molecule has 7 heteroatoms. The van der Waals surface area contributed by atoms with Gasteiger partial charge in [0, 0.05) is 12.3 Å². The molecule has 2 aromatic rings. The molecule has 2 aromatic heterocycles. The van der Waals surface area contributed by atoms with Crippen LogP contribution in [-0.4, -0.2) is 34.3 Å². The van der Waals surface area contributed by atoms with Crippen LogP contribution in [0.1, 0.15) is 0 Å². The number of fused-ring (bicyclic) bond motifs is 1. The number of aromatic nitrogens is 4. The number of rotatable bonds is 1. The second-order valence-corrected chi connectivity index (χ2v) is 4.45. The van der Waals surface area contributed by atoms with Gasteiger partial charge in [-0.15, -0.1) is 0 Å². The van der Waals surface area contributed by atoms with Crippen LogP contribution in [-0.2, 0) is 9.84 Å². The van der Waals surface area contributed by atoms with Crippen LogP contribution in [0, 0.1) is 0 Å². The van der Waals surface area contributed by atoms with Crippen molar-refractivity contribution >= 4 is 15.5 Å². The molecule has 0 N–H and O–H groups in total. The van der Waals surface area contributed by atoms with E-state index in [2.05, 4.69) is 15.1 Å². The quantitative estimate of drug-likeness (QED) is 0.619. The van der Waals surface area contributed by atoms with Crippen molar-refractivity contribution in [3.05, 3.63) is 18.6 Å². The molecule has 0 amide bonds. The maximum absolute atomic E-state index is 11.0. The van der Waals surface area contributed by atoms with Crippen LogP contribution in [0.2, 0.25) is 0 Å². The van der Waals surface area contributed by atoms with E-state index in [0.717, 1.165) is 6.26 Å². The Morgan fingerprint density at radius 3 is 2.92 bits per heavy atom. The summed E-state index contributed by atoms with van der Waals surface area (Å²) in [6.07, 6.45) is 3.91. The molecular formula is C6H6N4O2S. The summed E-state index contributed by atoms with van der Waals surface area (Å²) < 4.78 is 23.5. The van der Waals surface area contributed by atoms with Gasteiger partial charge in [0.2, 0.25) is 15.0 Å². The maximum Gasteiger partial charge on any atom is 0.250 e. The minimum Gasteiger partial charge on any atom is -0.221 e. The Labute approximate surface area is 74.2 Å². The van der Waals surface area contributed by atoms with Crippen LogP contribution in [0.25, 0.3) is 5.65 Å². The van der Waals surface area contributed by atoms with Crippen molar-refractivity contribution in [2.24, 2.45) is 0 Å². The number of hydrogen-bond acceptors (Lipinski definition) is 5. The highest BCUT2D eigenvalue weighted by Crippen LogP contribution is 2.02. The van der Waals surface area contributed by atoms with Crippen LogP contribution in [0.4, 0.5) is 0 Å². The minimum absolute atomic E-state index is 0.180. The van der Waals surface area contributed by atoms with E-state index < -0.39 is 9.84 Å². The fraction of sp³-hybridized carbons (Fsp3) is 0.167. The Bertz CT molecular complexity index is 545. The lowest BCUT2D eigenvalue weighted by Crippen LogP contribution is -2.05. The van der Waals surface area contributed by atoms with Crippen molar-refractivity contribution in [2.75, 3.05) is 6.26 Å². The molecule has 2 heterocycles. The summed E-state index contributed by atoms with van der Waals surface area (Å²) in [7, 11) is -3.34. The van der Waals surface area contributed by atoms with E-state index in [1.165, 1.54) is 17.0 Å². The maximum atomic E-state index is 11.0. The van der Waals surface area contributed by atoms with Crippen LogP contribution in [0.15, 0.2) is 23.7 Å². The molecule has 0 bridgehead atoms. The predicted octanol–water partition coefficient (Wildman–Crippen LogP) is -0.472. The van der Waals surface area contributed by atoms with Crippen molar-refractivity contribution in [3.63, 3.8) is 0 Å². The van der Waals surface area contributed by atoms with Gasteiger partial charge < -0.3 is 0 Å². The molecule has 0 atom stereocenters. The fourth-order valence-corrected chi connectivity index (χ4v) is 1.39. The monoisotopic (exact) mass is 198 g/mol. The van der Waals surface area contributed by atoms with Gasteiger partial charge in [0.25, 0.3) is 0 Å². The highest BCUT2D eigenvalue weighted by atomic mass is 32.2. The van der Waals surface area contributed by atoms with Crippen molar-refractivity contribution in [1.29, 1.82) is 0 Å². The zero-order chi connectivity index (χ0) is 9.47. The zero-order valence-corrected chi connectivity index (χ0v) is 7.56. The topological polar surface area (TPSA) is 77.2 Å². The van der Waals surface area contributed by atoms with E-state index in [-0.39, 0.29) is 5.16 Å². The summed E-state index contributed by atoms with van der Waals surface area (Å²) >= 11 is 0. The van der Waals surface area contributed by atoms with Crippen LogP contribution in [0.3, 0.4) is 0 Å². The van der Waals surface area contributed by atoms with Gasteiger partial charge in [-0.1, -0.05) is 0 Å². The second-order valence-electron chi connectivity index (χ2n) is 2.55. The van der Waals surface area contributed by atoms with Crippen molar-refractivity contribution < 1.29 is 8.42 Å². The molecule has 0 radical (unpaired) electrons. The smallest absolute Gasteiger partial charge is 0.221 e. The summed E-state index contributed by atoms with van der Waals surface area (Å²) in [5.74, 6) is 0. The molecule has 0 saturated carbocycles. The number of nitrogens with zero attached hydrogens (tertiary/aromatic N) is 4. The predicted molar refractivity (Wildman–Crippen MR) is 43.9 cm³/mol. The molecule has 2 rings (SSSR count). The number of hydrogen-bond donors (Lipinski definition) is 0. The molecule has 68 valence electrons. The Kier molecular flexibility index (Phi) is 1.56. The van der Waals surface area contributed by atoms with Gasteiger partial charge in [-0.2, -0.15) is 10.1 Å². The van der Waals surface area contributed by atoms with E-state index in [1.807, 2.05) is 0 Å². The normalized spacial score (nSPS) is 12.1. The first-order valence-electron chi connectivity index (χ1n) is 3.44. The lowest BCUT2D eigenvalue weighted by molar-refractivity contribution is 0.591. The van der Waals surface area contributed by atoms with Crippen LogP contribution in [0.5, 0.6) is 0 Å². The molecule has 0 aliphatic rings. The minimum atomic E-state index is -3.34. The standard InChI is InChI=1S/C6H6N4O2S/c1-13(11,12)6-7-4-10-5(9-6)2-3-8-10/h2-4H,1H3. The van der Waals surface area contributed by atoms with Crippen molar-refractivity contribution in [3.8, 4) is 0 Å². The SMILES string of the molecule is CS(=O)(=O)c1ncn2nccc2n1. The largest absolute Gasteiger partial charge is 0.250 e. The molecule has 0 spiro atoms. The van der Waals surface area contributed by atoms with Crippen molar-refractivity contribution in [2.45, 2.75) is 5.16 Å². The molecule has 6 nitrogen and oxygen atoms in total. The molecule has 0 unspecified atom stereocenters. The van der Waals surface area contributed by atoms with E-state index >= 15 is 0 Å². The summed E-state index contributed by atoms with van der Waals surface area (Å²) in [5.41, 5.74) is 0.468. The fourth-order valence-electron chi connectivity index (χ4n) is 0.894. The first kappa shape index (κ1) is 8.11. The van der Waals surface area contributed by atoms with Gasteiger partial charge >= 0.3 is 0 Å². The van der Waals surface area contributed by atoms with Crippen molar-refractivity contribution in [1.82, 2.24) is 19.6 Å². The lowest BCUT2D eigenvalue weighted by atomic mass is 10.7. The van der Waals surface area contributed by atoms with Crippen LogP contribution < -0.4 is 0 Å². The van der Waals surface area contributed by atoms with Gasteiger partial charge in [0.1, 0.15) is 6.33 Å². The second kappa shape index (κ2) is 2.49. The highest BCUT2D eigenvalue weighted by molar-refractivity contribution is 7.90. The first-order chi connectivity index (χ1) is 6.07. The zero-order valence-electron chi connectivity index (χ0n) is 6.75. The Hall–Kier alpha value is -1.50. The van der Waals surface area contributed by atoms with Gasteiger partial charge in [-0.05, 0) is 0 Å². The summed E-state index contributed by atoms with van der Waals surface area (Å²) in [6.45, 7) is 0. The summed E-state index contributed by atoms with van der Waals surface area (Å²) in [6, 6.07) is 1.61. The average Bonchev–Trinajstić information content (AvgIpc) is 2.47.